The predicted octanol–water partition coefficient (Wildman–Crippen LogP) is 7.64. The molecule has 0 bridgehead atoms. The molecule has 0 saturated carbocycles. The van der Waals surface area contributed by atoms with E-state index in [9.17, 15) is 4.79 Å². The standard InChI is InChI=1S/C33H34ClN5OS/c1-23-7-5-6-10-29(23)32(40)36-26-11-13-27(14-12-26)37-33(41)38-28-15-16-31(30(34)19-28)35-20-25-17-18-39(22-25)21-24-8-3-2-4-9-24/h2-16,19,25,35H,17-18,20-22H2,1H3,(H,36,40)(H2,37,38,41). The van der Waals surface area contributed by atoms with Crippen molar-refractivity contribution in [3.05, 3.63) is 119 Å². The van der Waals surface area contributed by atoms with Crippen LogP contribution in [0.25, 0.3) is 0 Å². The Morgan fingerprint density at radius 3 is 2.27 bits per heavy atom. The Bertz CT molecular complexity index is 1500. The molecule has 1 fully saturated rings. The van der Waals surface area contributed by atoms with Gasteiger partial charge in [0.25, 0.3) is 5.91 Å². The molecule has 0 spiro atoms. The fraction of sp³-hybridized carbons (Fsp3) is 0.212. The van der Waals surface area contributed by atoms with E-state index in [0.29, 0.717) is 27.3 Å². The van der Waals surface area contributed by atoms with Gasteiger partial charge in [-0.05, 0) is 97.7 Å². The number of nitrogens with zero attached hydrogens (tertiary/aromatic N) is 1. The normalized spacial score (nSPS) is 14.8. The highest BCUT2D eigenvalue weighted by Gasteiger charge is 2.22. The van der Waals surface area contributed by atoms with Gasteiger partial charge in [-0.15, -0.1) is 0 Å². The van der Waals surface area contributed by atoms with Gasteiger partial charge in [0.2, 0.25) is 0 Å². The van der Waals surface area contributed by atoms with Gasteiger partial charge >= 0.3 is 0 Å². The summed E-state index contributed by atoms with van der Waals surface area (Å²) in [7, 11) is 0. The molecule has 210 valence electrons. The summed E-state index contributed by atoms with van der Waals surface area (Å²) in [6, 6.07) is 31.4. The molecule has 1 unspecified atom stereocenters. The van der Waals surface area contributed by atoms with Gasteiger partial charge in [-0.2, -0.15) is 0 Å². The van der Waals surface area contributed by atoms with Crippen LogP contribution in [0.2, 0.25) is 5.02 Å². The van der Waals surface area contributed by atoms with Crippen LogP contribution in [0, 0.1) is 12.8 Å². The average molecular weight is 584 g/mol. The molecular formula is C33H34ClN5OS. The quantitative estimate of drug-likeness (QED) is 0.152. The summed E-state index contributed by atoms with van der Waals surface area (Å²) in [5.41, 5.74) is 6.18. The minimum Gasteiger partial charge on any atom is -0.384 e. The molecule has 1 saturated heterocycles. The van der Waals surface area contributed by atoms with Crippen LogP contribution in [0.15, 0.2) is 97.1 Å². The number of benzene rings is 4. The van der Waals surface area contributed by atoms with E-state index in [1.165, 1.54) is 12.0 Å². The summed E-state index contributed by atoms with van der Waals surface area (Å²) < 4.78 is 0. The third-order valence-corrected chi connectivity index (χ3v) is 7.73. The first kappa shape index (κ1) is 28.6. The number of hydrogen-bond acceptors (Lipinski definition) is 4. The maximum Gasteiger partial charge on any atom is 0.255 e. The van der Waals surface area contributed by atoms with Gasteiger partial charge in [-0.3, -0.25) is 9.69 Å². The Morgan fingerprint density at radius 2 is 1.54 bits per heavy atom. The zero-order valence-electron chi connectivity index (χ0n) is 23.0. The third-order valence-electron chi connectivity index (χ3n) is 7.22. The molecule has 0 aromatic heterocycles. The van der Waals surface area contributed by atoms with Crippen LogP contribution < -0.4 is 21.3 Å². The lowest BCUT2D eigenvalue weighted by molar-refractivity contribution is 0.102. The van der Waals surface area contributed by atoms with E-state index < -0.39 is 0 Å². The highest BCUT2D eigenvalue weighted by molar-refractivity contribution is 7.80. The largest absolute Gasteiger partial charge is 0.384 e. The average Bonchev–Trinajstić information content (AvgIpc) is 3.41. The lowest BCUT2D eigenvalue weighted by atomic mass is 10.1. The highest BCUT2D eigenvalue weighted by atomic mass is 35.5. The number of thiocarbonyl (C=S) groups is 1. The summed E-state index contributed by atoms with van der Waals surface area (Å²) in [5.74, 6) is 0.454. The fourth-order valence-corrected chi connectivity index (χ4v) is 5.49. The molecule has 1 atom stereocenters. The summed E-state index contributed by atoms with van der Waals surface area (Å²) in [6.45, 7) is 6.01. The van der Waals surface area contributed by atoms with Gasteiger partial charge in [0.15, 0.2) is 5.11 Å². The van der Waals surface area contributed by atoms with Gasteiger partial charge in [0.05, 0.1) is 10.7 Å². The maximum atomic E-state index is 12.6. The van der Waals surface area contributed by atoms with E-state index in [2.05, 4.69) is 56.5 Å². The van der Waals surface area contributed by atoms with Crippen LogP contribution >= 0.6 is 23.8 Å². The van der Waals surface area contributed by atoms with Crippen molar-refractivity contribution in [2.24, 2.45) is 5.92 Å². The van der Waals surface area contributed by atoms with E-state index in [1.807, 2.05) is 73.7 Å². The van der Waals surface area contributed by atoms with Crippen LogP contribution in [-0.2, 0) is 6.54 Å². The Labute approximate surface area is 252 Å². The molecule has 8 heteroatoms. The van der Waals surface area contributed by atoms with E-state index in [-0.39, 0.29) is 5.91 Å². The monoisotopic (exact) mass is 583 g/mol. The first-order valence-electron chi connectivity index (χ1n) is 13.8. The van der Waals surface area contributed by atoms with E-state index in [0.717, 1.165) is 48.8 Å². The molecule has 0 aliphatic carbocycles. The van der Waals surface area contributed by atoms with Crippen molar-refractivity contribution >= 4 is 57.6 Å². The van der Waals surface area contributed by atoms with Gasteiger partial charge in [-0.1, -0.05) is 60.1 Å². The van der Waals surface area contributed by atoms with Crippen molar-refractivity contribution in [3.63, 3.8) is 0 Å². The number of anilines is 4. The second kappa shape index (κ2) is 13.6. The minimum absolute atomic E-state index is 0.135. The number of aryl methyl sites for hydroxylation is 1. The number of halogens is 1. The minimum atomic E-state index is -0.135. The van der Waals surface area contributed by atoms with Crippen molar-refractivity contribution in [1.82, 2.24) is 4.90 Å². The molecule has 1 aliphatic rings. The predicted molar refractivity (Wildman–Crippen MR) is 175 cm³/mol. The fourth-order valence-electron chi connectivity index (χ4n) is 5.01. The molecule has 1 amide bonds. The van der Waals surface area contributed by atoms with Crippen LogP contribution in [0.1, 0.15) is 27.9 Å². The summed E-state index contributed by atoms with van der Waals surface area (Å²) in [6.07, 6.45) is 1.18. The summed E-state index contributed by atoms with van der Waals surface area (Å²) >= 11 is 12.1. The first-order valence-corrected chi connectivity index (χ1v) is 14.6. The van der Waals surface area contributed by atoms with Crippen molar-refractivity contribution in [2.45, 2.75) is 19.9 Å². The smallest absolute Gasteiger partial charge is 0.255 e. The Balaban J connectivity index is 1.07. The number of nitrogens with one attached hydrogen (secondary N) is 4. The lowest BCUT2D eigenvalue weighted by Crippen LogP contribution is -2.22. The Hall–Kier alpha value is -3.91. The second-order valence-corrected chi connectivity index (χ2v) is 11.2. The Kier molecular flexibility index (Phi) is 9.51. The van der Waals surface area contributed by atoms with Gasteiger partial charge < -0.3 is 21.3 Å². The Morgan fingerprint density at radius 1 is 0.878 bits per heavy atom. The zero-order chi connectivity index (χ0) is 28.6. The van der Waals surface area contributed by atoms with Crippen LogP contribution in [0.3, 0.4) is 0 Å². The number of amides is 1. The molecular weight excluding hydrogens is 550 g/mol. The number of carbonyl (C=O) groups is 1. The number of likely N-dealkylation sites (tertiary alicyclic amines) is 1. The van der Waals surface area contributed by atoms with Crippen molar-refractivity contribution < 1.29 is 4.79 Å². The summed E-state index contributed by atoms with van der Waals surface area (Å²) in [4.78, 5) is 15.1. The number of carbonyl (C=O) groups excluding carboxylic acids is 1. The van der Waals surface area contributed by atoms with E-state index in [1.54, 1.807) is 0 Å². The third kappa shape index (κ3) is 8.07. The van der Waals surface area contributed by atoms with E-state index in [4.69, 9.17) is 23.8 Å². The van der Waals surface area contributed by atoms with Crippen LogP contribution in [0.5, 0.6) is 0 Å². The molecule has 1 heterocycles. The summed E-state index contributed by atoms with van der Waals surface area (Å²) in [5, 5.41) is 13.9. The first-order chi connectivity index (χ1) is 19.9. The lowest BCUT2D eigenvalue weighted by Gasteiger charge is -2.17. The molecule has 0 radical (unpaired) electrons. The van der Waals surface area contributed by atoms with Gasteiger partial charge in [0, 0.05) is 42.3 Å². The highest BCUT2D eigenvalue weighted by Crippen LogP contribution is 2.27. The molecule has 4 N–H and O–H groups in total. The van der Waals surface area contributed by atoms with Crippen LogP contribution in [-0.4, -0.2) is 35.6 Å². The zero-order valence-corrected chi connectivity index (χ0v) is 24.6. The van der Waals surface area contributed by atoms with Gasteiger partial charge in [0.1, 0.15) is 0 Å². The molecule has 4 aromatic carbocycles. The SMILES string of the molecule is Cc1ccccc1C(=O)Nc1ccc(NC(=S)Nc2ccc(NCC3CCN(Cc4ccccc4)C3)c(Cl)c2)cc1. The second-order valence-electron chi connectivity index (χ2n) is 10.4. The molecule has 41 heavy (non-hydrogen) atoms. The molecule has 1 aliphatic heterocycles. The van der Waals surface area contributed by atoms with Crippen LogP contribution in [0.4, 0.5) is 22.7 Å². The molecule has 4 aromatic rings. The van der Waals surface area contributed by atoms with Crippen molar-refractivity contribution in [3.8, 4) is 0 Å². The molecule has 6 nitrogen and oxygen atoms in total. The number of rotatable bonds is 9. The van der Waals surface area contributed by atoms with Crippen molar-refractivity contribution in [1.29, 1.82) is 0 Å². The molecule has 5 rings (SSSR count). The maximum absolute atomic E-state index is 12.6. The topological polar surface area (TPSA) is 68.4 Å². The number of hydrogen-bond donors (Lipinski definition) is 4. The van der Waals surface area contributed by atoms with Crippen molar-refractivity contribution in [2.75, 3.05) is 40.9 Å². The van der Waals surface area contributed by atoms with Gasteiger partial charge in [-0.25, -0.2) is 0 Å². The van der Waals surface area contributed by atoms with E-state index >= 15 is 0 Å².